The zero-order valence-electron chi connectivity index (χ0n) is 17.0. The van der Waals surface area contributed by atoms with Crippen molar-refractivity contribution in [3.63, 3.8) is 0 Å². The van der Waals surface area contributed by atoms with Crippen LogP contribution >= 0.6 is 0 Å². The van der Waals surface area contributed by atoms with E-state index in [1.165, 1.54) is 39.5 Å². The van der Waals surface area contributed by atoms with E-state index in [1.807, 2.05) is 0 Å². The Hall–Kier alpha value is -3.51. The van der Waals surface area contributed by atoms with Crippen LogP contribution in [0.1, 0.15) is 6.42 Å². The number of ether oxygens (including phenoxy) is 3. The van der Waals surface area contributed by atoms with Gasteiger partial charge in [-0.1, -0.05) is 0 Å². The third kappa shape index (κ3) is 4.98. The summed E-state index contributed by atoms with van der Waals surface area (Å²) in [4.78, 5) is 25.8. The Morgan fingerprint density at radius 3 is 2.35 bits per heavy atom. The van der Waals surface area contributed by atoms with Crippen LogP contribution in [0.2, 0.25) is 0 Å². The Labute approximate surface area is 177 Å². The standard InChI is InChI=1S/C19H21N3O8S/c1-27-15-8-11(9-16(28-2)18(15)29-3)21-17(23)6-7-20-31(25,26)12-4-5-13-14(10-12)30-19(24)22-13/h4-5,8-10,20H,6-7H2,1-3H3,(H,21,23)(H,22,24). The number of rotatable bonds is 9. The highest BCUT2D eigenvalue weighted by Gasteiger charge is 2.17. The van der Waals surface area contributed by atoms with E-state index < -0.39 is 21.7 Å². The van der Waals surface area contributed by atoms with Crippen LogP contribution in [0.3, 0.4) is 0 Å². The number of hydrogen-bond donors (Lipinski definition) is 3. The van der Waals surface area contributed by atoms with Crippen molar-refractivity contribution in [3.8, 4) is 17.2 Å². The Kier molecular flexibility index (Phi) is 6.51. The van der Waals surface area contributed by atoms with Crippen molar-refractivity contribution in [2.45, 2.75) is 11.3 Å². The molecular formula is C19H21N3O8S. The largest absolute Gasteiger partial charge is 0.493 e. The van der Waals surface area contributed by atoms with Crippen molar-refractivity contribution >= 4 is 32.7 Å². The first-order chi connectivity index (χ1) is 14.8. The first-order valence-corrected chi connectivity index (χ1v) is 10.5. The zero-order valence-corrected chi connectivity index (χ0v) is 17.8. The molecule has 0 spiro atoms. The fourth-order valence-electron chi connectivity index (χ4n) is 2.85. The first kappa shape index (κ1) is 22.2. The molecule has 12 heteroatoms. The number of anilines is 1. The van der Waals surface area contributed by atoms with Crippen LogP contribution in [0.15, 0.2) is 44.4 Å². The summed E-state index contributed by atoms with van der Waals surface area (Å²) in [5, 5.41) is 2.65. The third-order valence-corrected chi connectivity index (χ3v) is 5.75. The molecule has 3 rings (SSSR count). The lowest BCUT2D eigenvalue weighted by molar-refractivity contribution is -0.116. The van der Waals surface area contributed by atoms with Gasteiger partial charge in [0.2, 0.25) is 21.7 Å². The highest BCUT2D eigenvalue weighted by Crippen LogP contribution is 2.39. The quantitative estimate of drug-likeness (QED) is 0.443. The minimum absolute atomic E-state index is 0.0900. The number of amides is 1. The predicted molar refractivity (Wildman–Crippen MR) is 111 cm³/mol. The van der Waals surface area contributed by atoms with E-state index in [1.54, 1.807) is 12.1 Å². The lowest BCUT2D eigenvalue weighted by Crippen LogP contribution is -2.27. The maximum absolute atomic E-state index is 12.4. The van der Waals surface area contributed by atoms with Gasteiger partial charge in [0, 0.05) is 36.9 Å². The van der Waals surface area contributed by atoms with E-state index in [4.69, 9.17) is 18.6 Å². The average molecular weight is 451 g/mol. The van der Waals surface area contributed by atoms with Crippen molar-refractivity contribution in [1.29, 1.82) is 0 Å². The zero-order chi connectivity index (χ0) is 22.6. The molecule has 3 aromatic rings. The van der Waals surface area contributed by atoms with Crippen LogP contribution in [0, 0.1) is 0 Å². The summed E-state index contributed by atoms with van der Waals surface area (Å²) in [7, 11) is 0.465. The monoisotopic (exact) mass is 451 g/mol. The number of methoxy groups -OCH3 is 3. The fraction of sp³-hybridized carbons (Fsp3) is 0.263. The summed E-state index contributed by atoms with van der Waals surface area (Å²) in [5.74, 6) is 0.00492. The summed E-state index contributed by atoms with van der Waals surface area (Å²) in [6.07, 6.45) is -0.128. The van der Waals surface area contributed by atoms with E-state index in [9.17, 15) is 18.0 Å². The lowest BCUT2D eigenvalue weighted by Gasteiger charge is -2.14. The number of benzene rings is 2. The number of H-pyrrole nitrogens is 1. The number of fused-ring (bicyclic) bond motifs is 1. The summed E-state index contributed by atoms with van der Waals surface area (Å²) in [6.45, 7) is -0.145. The Morgan fingerprint density at radius 1 is 1.06 bits per heavy atom. The Bertz CT molecular complexity index is 1240. The van der Waals surface area contributed by atoms with Gasteiger partial charge in [-0.25, -0.2) is 17.9 Å². The van der Waals surface area contributed by atoms with Gasteiger partial charge >= 0.3 is 5.76 Å². The van der Waals surface area contributed by atoms with Crippen LogP contribution < -0.4 is 30.0 Å². The topological polar surface area (TPSA) is 149 Å². The number of nitrogens with one attached hydrogen (secondary N) is 3. The number of oxazole rings is 1. The molecule has 0 atom stereocenters. The second-order valence-corrected chi connectivity index (χ2v) is 8.05. The molecule has 3 N–H and O–H groups in total. The normalized spacial score (nSPS) is 11.3. The van der Waals surface area contributed by atoms with Gasteiger partial charge < -0.3 is 23.9 Å². The number of carbonyl (C=O) groups excluding carboxylic acids is 1. The predicted octanol–water partition coefficient (Wildman–Crippen LogP) is 1.45. The number of hydrogen-bond acceptors (Lipinski definition) is 8. The molecule has 0 aliphatic carbocycles. The average Bonchev–Trinajstić information content (AvgIpc) is 3.11. The summed E-state index contributed by atoms with van der Waals surface area (Å²) < 4.78 is 47.8. The van der Waals surface area contributed by atoms with E-state index in [0.29, 0.717) is 28.5 Å². The van der Waals surface area contributed by atoms with E-state index in [0.717, 1.165) is 0 Å². The van der Waals surface area contributed by atoms with Gasteiger partial charge in [-0.05, 0) is 12.1 Å². The van der Waals surface area contributed by atoms with Gasteiger partial charge in [0.15, 0.2) is 17.1 Å². The Morgan fingerprint density at radius 2 is 1.74 bits per heavy atom. The molecule has 0 aliphatic heterocycles. The lowest BCUT2D eigenvalue weighted by atomic mass is 10.2. The molecule has 11 nitrogen and oxygen atoms in total. The van der Waals surface area contributed by atoms with Crippen molar-refractivity contribution in [2.75, 3.05) is 33.2 Å². The molecule has 0 saturated heterocycles. The minimum Gasteiger partial charge on any atom is -0.493 e. The minimum atomic E-state index is -3.90. The van der Waals surface area contributed by atoms with Gasteiger partial charge in [0.1, 0.15) is 0 Å². The molecule has 0 unspecified atom stereocenters. The molecule has 0 saturated carbocycles. The molecule has 1 aromatic heterocycles. The van der Waals surface area contributed by atoms with Crippen LogP contribution in [-0.4, -0.2) is 47.2 Å². The molecule has 0 bridgehead atoms. The highest BCUT2D eigenvalue weighted by atomic mass is 32.2. The van der Waals surface area contributed by atoms with Crippen molar-refractivity contribution in [2.24, 2.45) is 0 Å². The first-order valence-electron chi connectivity index (χ1n) is 9.00. The van der Waals surface area contributed by atoms with Gasteiger partial charge in [-0.2, -0.15) is 0 Å². The van der Waals surface area contributed by atoms with Crippen molar-refractivity contribution in [1.82, 2.24) is 9.71 Å². The fourth-order valence-corrected chi connectivity index (χ4v) is 3.90. The summed E-state index contributed by atoms with van der Waals surface area (Å²) in [5.41, 5.74) is 0.900. The Balaban J connectivity index is 1.63. The second-order valence-electron chi connectivity index (χ2n) is 6.28. The van der Waals surface area contributed by atoms with Gasteiger partial charge in [-0.15, -0.1) is 0 Å². The van der Waals surface area contributed by atoms with Crippen LogP contribution in [0.4, 0.5) is 5.69 Å². The smallest absolute Gasteiger partial charge is 0.417 e. The third-order valence-electron chi connectivity index (χ3n) is 4.30. The van der Waals surface area contributed by atoms with E-state index >= 15 is 0 Å². The number of aromatic amines is 1. The molecule has 0 aliphatic rings. The number of carbonyl (C=O) groups is 1. The molecule has 1 heterocycles. The molecular weight excluding hydrogens is 430 g/mol. The molecule has 0 radical (unpaired) electrons. The molecule has 2 aromatic carbocycles. The van der Waals surface area contributed by atoms with Gasteiger partial charge in [0.05, 0.1) is 31.7 Å². The SMILES string of the molecule is COc1cc(NC(=O)CCNS(=O)(=O)c2ccc3[nH]c(=O)oc3c2)cc(OC)c1OC. The van der Waals surface area contributed by atoms with Gasteiger partial charge in [-0.3, -0.25) is 9.78 Å². The molecule has 0 fully saturated rings. The van der Waals surface area contributed by atoms with Crippen molar-refractivity contribution < 1.29 is 31.8 Å². The van der Waals surface area contributed by atoms with E-state index in [2.05, 4.69) is 15.0 Å². The molecule has 166 valence electrons. The maximum Gasteiger partial charge on any atom is 0.417 e. The van der Waals surface area contributed by atoms with Gasteiger partial charge in [0.25, 0.3) is 0 Å². The summed E-state index contributed by atoms with van der Waals surface area (Å²) in [6, 6.07) is 7.09. The van der Waals surface area contributed by atoms with Crippen LogP contribution in [-0.2, 0) is 14.8 Å². The molecule has 31 heavy (non-hydrogen) atoms. The van der Waals surface area contributed by atoms with E-state index in [-0.39, 0.29) is 23.4 Å². The number of aromatic nitrogens is 1. The summed E-state index contributed by atoms with van der Waals surface area (Å²) >= 11 is 0. The van der Waals surface area contributed by atoms with Crippen molar-refractivity contribution in [3.05, 3.63) is 40.9 Å². The van der Waals surface area contributed by atoms with Crippen LogP contribution in [0.5, 0.6) is 17.2 Å². The second kappa shape index (κ2) is 9.10. The molecule has 1 amide bonds. The number of sulfonamides is 1. The van der Waals surface area contributed by atoms with Crippen LogP contribution in [0.25, 0.3) is 11.1 Å². The maximum atomic E-state index is 12.4. The highest BCUT2D eigenvalue weighted by molar-refractivity contribution is 7.89.